The van der Waals surface area contributed by atoms with Gasteiger partial charge >= 0.3 is 24.0 Å². The van der Waals surface area contributed by atoms with Gasteiger partial charge in [0.15, 0.2) is 6.17 Å². The second kappa shape index (κ2) is 7.41. The molecule has 0 aliphatic carbocycles. The number of benzene rings is 2. The topological polar surface area (TPSA) is 83.8 Å². The van der Waals surface area contributed by atoms with Crippen LogP contribution in [0.2, 0.25) is 0 Å². The van der Waals surface area contributed by atoms with Crippen molar-refractivity contribution in [2.45, 2.75) is 18.3 Å². The van der Waals surface area contributed by atoms with Crippen LogP contribution in [0.3, 0.4) is 0 Å². The van der Waals surface area contributed by atoms with E-state index in [1.165, 1.54) is 6.07 Å². The van der Waals surface area contributed by atoms with Gasteiger partial charge in [0.25, 0.3) is 0 Å². The van der Waals surface area contributed by atoms with Crippen molar-refractivity contribution in [1.29, 1.82) is 0 Å². The fourth-order valence-electron chi connectivity index (χ4n) is 2.20. The van der Waals surface area contributed by atoms with Crippen molar-refractivity contribution in [2.24, 2.45) is 0 Å². The Labute approximate surface area is 152 Å². The summed E-state index contributed by atoms with van der Waals surface area (Å²) in [6, 6.07) is 6.21. The minimum absolute atomic E-state index is 0.240. The maximum atomic E-state index is 13.6. The Bertz CT molecular complexity index is 892. The molecule has 0 spiro atoms. The molecule has 1 atom stereocenters. The van der Waals surface area contributed by atoms with Gasteiger partial charge in [0.2, 0.25) is 0 Å². The first-order valence-electron chi connectivity index (χ1n) is 7.32. The van der Waals surface area contributed by atoms with Gasteiger partial charge in [-0.25, -0.2) is 14.0 Å². The number of alkyl halides is 6. The molecule has 0 saturated heterocycles. The first-order chi connectivity index (χ1) is 12.9. The van der Waals surface area contributed by atoms with E-state index in [9.17, 15) is 41.0 Å². The molecular formula is C17H10F6O5. The maximum absolute atomic E-state index is 13.6. The van der Waals surface area contributed by atoms with E-state index in [-0.39, 0.29) is 5.75 Å². The number of carboxylic acid groups (broad SMARTS) is 2. The molecule has 150 valence electrons. The standard InChI is InChI=1S/C17H10F6O5/c18-13(16(19,20)17(21,22)23)8-4-6-9(7-5-8)28-11-3-1-2-10(14(24)25)12(11)15(26)27/h1-7,13H,(H,24,25)(H,26,27). The maximum Gasteiger partial charge on any atom is 0.456 e. The lowest BCUT2D eigenvalue weighted by Gasteiger charge is -2.23. The lowest BCUT2D eigenvalue weighted by atomic mass is 10.0. The predicted octanol–water partition coefficient (Wildman–Crippen LogP) is 5.08. The molecule has 2 rings (SSSR count). The molecule has 0 bridgehead atoms. The molecule has 0 saturated carbocycles. The molecule has 0 radical (unpaired) electrons. The van der Waals surface area contributed by atoms with E-state index in [1.807, 2.05) is 0 Å². The fourth-order valence-corrected chi connectivity index (χ4v) is 2.20. The summed E-state index contributed by atoms with van der Waals surface area (Å²) in [7, 11) is 0. The van der Waals surface area contributed by atoms with Crippen LogP contribution >= 0.6 is 0 Å². The number of halogens is 6. The van der Waals surface area contributed by atoms with Crippen LogP contribution in [0.4, 0.5) is 26.3 Å². The summed E-state index contributed by atoms with van der Waals surface area (Å²) in [5, 5.41) is 18.2. The molecule has 0 aliphatic rings. The molecule has 2 aromatic rings. The summed E-state index contributed by atoms with van der Waals surface area (Å²) < 4.78 is 81.7. The van der Waals surface area contributed by atoms with Crippen LogP contribution in [-0.2, 0) is 0 Å². The van der Waals surface area contributed by atoms with Gasteiger partial charge in [0, 0.05) is 0 Å². The van der Waals surface area contributed by atoms with Crippen molar-refractivity contribution >= 4 is 11.9 Å². The van der Waals surface area contributed by atoms with Crippen molar-refractivity contribution < 1.29 is 50.9 Å². The van der Waals surface area contributed by atoms with Crippen molar-refractivity contribution in [1.82, 2.24) is 0 Å². The first kappa shape index (κ1) is 21.1. The number of carboxylic acids is 2. The summed E-state index contributed by atoms with van der Waals surface area (Å²) in [5.41, 5.74) is -2.27. The number of aromatic carboxylic acids is 2. The molecule has 0 heterocycles. The Morgan fingerprint density at radius 2 is 1.46 bits per heavy atom. The Morgan fingerprint density at radius 1 is 0.893 bits per heavy atom. The quantitative estimate of drug-likeness (QED) is 0.651. The molecular weight excluding hydrogens is 398 g/mol. The minimum atomic E-state index is -6.09. The Morgan fingerprint density at radius 3 is 1.93 bits per heavy atom. The summed E-state index contributed by atoms with van der Waals surface area (Å²) >= 11 is 0. The second-order valence-electron chi connectivity index (χ2n) is 5.44. The van der Waals surface area contributed by atoms with Crippen LogP contribution in [0.25, 0.3) is 0 Å². The minimum Gasteiger partial charge on any atom is -0.478 e. The van der Waals surface area contributed by atoms with E-state index in [0.717, 1.165) is 24.3 Å². The predicted molar refractivity (Wildman–Crippen MR) is 81.7 cm³/mol. The lowest BCUT2D eigenvalue weighted by Crippen LogP contribution is -2.40. The molecule has 28 heavy (non-hydrogen) atoms. The molecule has 2 N–H and O–H groups in total. The largest absolute Gasteiger partial charge is 0.478 e. The van der Waals surface area contributed by atoms with Crippen molar-refractivity contribution in [3.05, 3.63) is 59.2 Å². The Kier molecular flexibility index (Phi) is 5.57. The van der Waals surface area contributed by atoms with Gasteiger partial charge in [0.1, 0.15) is 17.1 Å². The van der Waals surface area contributed by atoms with Gasteiger partial charge in [0.05, 0.1) is 5.56 Å². The van der Waals surface area contributed by atoms with Gasteiger partial charge in [-0.15, -0.1) is 0 Å². The molecule has 11 heteroatoms. The second-order valence-corrected chi connectivity index (χ2v) is 5.44. The van der Waals surface area contributed by atoms with Gasteiger partial charge in [-0.1, -0.05) is 18.2 Å². The van der Waals surface area contributed by atoms with Crippen LogP contribution in [0.5, 0.6) is 11.5 Å². The third-order valence-corrected chi connectivity index (χ3v) is 3.57. The Hall–Kier alpha value is -3.24. The Balaban J connectivity index is 2.33. The van der Waals surface area contributed by atoms with Crippen LogP contribution in [0.15, 0.2) is 42.5 Å². The van der Waals surface area contributed by atoms with E-state index in [2.05, 4.69) is 0 Å². The average molecular weight is 408 g/mol. The van der Waals surface area contributed by atoms with Crippen molar-refractivity contribution in [3.63, 3.8) is 0 Å². The zero-order chi connectivity index (χ0) is 21.3. The lowest BCUT2D eigenvalue weighted by molar-refractivity contribution is -0.305. The summed E-state index contributed by atoms with van der Waals surface area (Å²) in [4.78, 5) is 22.4. The number of rotatable bonds is 6. The highest BCUT2D eigenvalue weighted by atomic mass is 19.4. The van der Waals surface area contributed by atoms with E-state index < -0.39 is 52.6 Å². The van der Waals surface area contributed by atoms with Crippen LogP contribution in [-0.4, -0.2) is 34.3 Å². The third kappa shape index (κ3) is 4.02. The highest BCUT2D eigenvalue weighted by Crippen LogP contribution is 2.46. The van der Waals surface area contributed by atoms with E-state index >= 15 is 0 Å². The molecule has 0 aromatic heterocycles. The first-order valence-corrected chi connectivity index (χ1v) is 7.32. The summed E-state index contributed by atoms with van der Waals surface area (Å²) in [6.07, 6.45) is -9.75. The fraction of sp³-hybridized carbons (Fsp3) is 0.176. The molecule has 0 amide bonds. The molecule has 0 fully saturated rings. The zero-order valence-electron chi connectivity index (χ0n) is 13.5. The van der Waals surface area contributed by atoms with Crippen LogP contribution in [0.1, 0.15) is 32.5 Å². The molecule has 2 aromatic carbocycles. The van der Waals surface area contributed by atoms with Gasteiger partial charge in [-0.05, 0) is 29.8 Å². The van der Waals surface area contributed by atoms with Crippen molar-refractivity contribution in [3.8, 4) is 11.5 Å². The molecule has 0 aliphatic heterocycles. The molecule has 5 nitrogen and oxygen atoms in total. The molecule has 1 unspecified atom stereocenters. The van der Waals surface area contributed by atoms with E-state index in [1.54, 1.807) is 0 Å². The smallest absolute Gasteiger partial charge is 0.456 e. The summed E-state index contributed by atoms with van der Waals surface area (Å²) in [6.45, 7) is 0. The SMILES string of the molecule is O=C(O)c1cccc(Oc2ccc(C(F)C(F)(F)C(F)(F)F)cc2)c1C(=O)O. The third-order valence-electron chi connectivity index (χ3n) is 3.57. The summed E-state index contributed by atoms with van der Waals surface area (Å²) in [5.74, 6) is -9.44. The van der Waals surface area contributed by atoms with E-state index in [0.29, 0.717) is 12.1 Å². The van der Waals surface area contributed by atoms with E-state index in [4.69, 9.17) is 9.84 Å². The average Bonchev–Trinajstić information content (AvgIpc) is 2.60. The number of ether oxygens (including phenoxy) is 1. The van der Waals surface area contributed by atoms with Gasteiger partial charge in [-0.3, -0.25) is 0 Å². The van der Waals surface area contributed by atoms with Crippen molar-refractivity contribution in [2.75, 3.05) is 0 Å². The highest BCUT2D eigenvalue weighted by Gasteiger charge is 2.63. The monoisotopic (exact) mass is 408 g/mol. The zero-order valence-corrected chi connectivity index (χ0v) is 13.5. The van der Waals surface area contributed by atoms with Crippen LogP contribution < -0.4 is 4.74 Å². The van der Waals surface area contributed by atoms with Crippen LogP contribution in [0, 0.1) is 0 Å². The normalized spacial score (nSPS) is 13.1. The number of carbonyl (C=O) groups is 2. The highest BCUT2D eigenvalue weighted by molar-refractivity contribution is 6.03. The number of hydrogen-bond acceptors (Lipinski definition) is 3. The number of hydrogen-bond donors (Lipinski definition) is 2. The van der Waals surface area contributed by atoms with Gasteiger partial charge in [-0.2, -0.15) is 22.0 Å². The van der Waals surface area contributed by atoms with Gasteiger partial charge < -0.3 is 14.9 Å².